The van der Waals surface area contributed by atoms with E-state index >= 15 is 0 Å². The summed E-state index contributed by atoms with van der Waals surface area (Å²) in [7, 11) is 0. The van der Waals surface area contributed by atoms with Gasteiger partial charge in [0.25, 0.3) is 0 Å². The maximum Gasteiger partial charge on any atom is 0.328 e. The average Bonchev–Trinajstić information content (AvgIpc) is 3.30. The summed E-state index contributed by atoms with van der Waals surface area (Å²) in [6.45, 7) is -0.467. The largest absolute Gasteiger partial charge is 0.394 e. The first-order valence-electron chi connectivity index (χ1n) is 8.87. The molecule has 1 atom stereocenters. The minimum atomic E-state index is -0.894. The van der Waals surface area contributed by atoms with Crippen molar-refractivity contribution in [2.24, 2.45) is 0 Å². The van der Waals surface area contributed by atoms with Crippen LogP contribution in [0.4, 0.5) is 8.78 Å². The smallest absolute Gasteiger partial charge is 0.328 e. The van der Waals surface area contributed by atoms with Gasteiger partial charge in [-0.2, -0.15) is 0 Å². The lowest BCUT2D eigenvalue weighted by atomic mass is 10.2. The normalized spacial score (nSPS) is 12.6. The zero-order valence-electron chi connectivity index (χ0n) is 15.2. The molecule has 0 bridgehead atoms. The fraction of sp³-hybridized carbons (Fsp3) is 0.105. The van der Waals surface area contributed by atoms with Gasteiger partial charge in [-0.15, -0.1) is 0 Å². The van der Waals surface area contributed by atoms with Crippen molar-refractivity contribution in [1.82, 2.24) is 33.9 Å². The lowest BCUT2D eigenvalue weighted by Crippen LogP contribution is -2.26. The second kappa shape index (κ2) is 6.81. The highest BCUT2D eigenvalue weighted by Crippen LogP contribution is 2.22. The predicted octanol–water partition coefficient (Wildman–Crippen LogP) is 1.69. The summed E-state index contributed by atoms with van der Waals surface area (Å²) in [6.07, 6.45) is 5.18. The van der Waals surface area contributed by atoms with Gasteiger partial charge in [0, 0.05) is 6.20 Å². The van der Waals surface area contributed by atoms with E-state index in [2.05, 4.69) is 24.9 Å². The maximum absolute atomic E-state index is 13.7. The fourth-order valence-electron chi connectivity index (χ4n) is 3.34. The Morgan fingerprint density at radius 3 is 2.63 bits per heavy atom. The van der Waals surface area contributed by atoms with Crippen LogP contribution in [-0.4, -0.2) is 45.6 Å². The summed E-state index contributed by atoms with van der Waals surface area (Å²) in [4.78, 5) is 32.1. The SMILES string of the molecule is O=c1[nH]c2cnc(-c3cnc4ccc(F)cn34)nc2n1[C@H](CO)c1ccc(F)cn1. The standard InChI is InChI=1S/C19H13F2N7O2/c20-10-1-3-12(22-5-10)15(9-29)28-18-13(25-19(28)30)6-24-17(26-18)14-7-23-16-4-2-11(21)8-27(14)16/h1-8,15,29H,9H2,(H,25,30)/t15-/m1/s1. The molecule has 0 unspecified atom stereocenters. The van der Waals surface area contributed by atoms with Gasteiger partial charge < -0.3 is 10.1 Å². The van der Waals surface area contributed by atoms with Crippen molar-refractivity contribution in [2.75, 3.05) is 6.61 Å². The van der Waals surface area contributed by atoms with Gasteiger partial charge in [-0.25, -0.2) is 28.5 Å². The molecule has 2 N–H and O–H groups in total. The summed E-state index contributed by atoms with van der Waals surface area (Å²) in [6, 6.07) is 4.50. The van der Waals surface area contributed by atoms with Crippen LogP contribution in [-0.2, 0) is 0 Å². The highest BCUT2D eigenvalue weighted by molar-refractivity contribution is 5.73. The average molecular weight is 409 g/mol. The second-order valence-corrected chi connectivity index (χ2v) is 6.55. The Kier molecular flexibility index (Phi) is 4.10. The number of nitrogens with zero attached hydrogens (tertiary/aromatic N) is 6. The van der Waals surface area contributed by atoms with Crippen LogP contribution in [0.1, 0.15) is 11.7 Å². The maximum atomic E-state index is 13.7. The van der Waals surface area contributed by atoms with Gasteiger partial charge in [0.2, 0.25) is 0 Å². The minimum absolute atomic E-state index is 0.206. The molecule has 0 amide bonds. The van der Waals surface area contributed by atoms with E-state index in [1.165, 1.54) is 51.8 Å². The second-order valence-electron chi connectivity index (χ2n) is 6.55. The van der Waals surface area contributed by atoms with E-state index in [9.17, 15) is 18.7 Å². The first-order chi connectivity index (χ1) is 14.5. The van der Waals surface area contributed by atoms with Crippen LogP contribution in [0, 0.1) is 11.6 Å². The van der Waals surface area contributed by atoms with E-state index in [1.807, 2.05) is 0 Å². The number of rotatable bonds is 4. The van der Waals surface area contributed by atoms with Crippen LogP contribution in [0.25, 0.3) is 28.3 Å². The molecule has 5 aromatic heterocycles. The molecule has 5 rings (SSSR count). The third kappa shape index (κ3) is 2.83. The van der Waals surface area contributed by atoms with E-state index in [-0.39, 0.29) is 11.5 Å². The van der Waals surface area contributed by atoms with Gasteiger partial charge in [-0.3, -0.25) is 14.0 Å². The molecule has 0 fully saturated rings. The topological polar surface area (TPSA) is 114 Å². The summed E-state index contributed by atoms with van der Waals surface area (Å²) in [5.41, 5.74) is 1.23. The number of aromatic amines is 1. The molecule has 5 aromatic rings. The molecule has 30 heavy (non-hydrogen) atoms. The van der Waals surface area contributed by atoms with Gasteiger partial charge in [0.05, 0.1) is 30.9 Å². The number of pyridine rings is 2. The van der Waals surface area contributed by atoms with Crippen molar-refractivity contribution in [3.63, 3.8) is 0 Å². The summed E-state index contributed by atoms with van der Waals surface area (Å²) >= 11 is 0. The molecule has 0 spiro atoms. The Morgan fingerprint density at radius 1 is 1.03 bits per heavy atom. The fourth-order valence-corrected chi connectivity index (χ4v) is 3.34. The van der Waals surface area contributed by atoms with Crippen LogP contribution in [0.5, 0.6) is 0 Å². The van der Waals surface area contributed by atoms with Crippen LogP contribution in [0.2, 0.25) is 0 Å². The van der Waals surface area contributed by atoms with Crippen molar-refractivity contribution in [1.29, 1.82) is 0 Å². The molecule has 150 valence electrons. The van der Waals surface area contributed by atoms with Crippen molar-refractivity contribution < 1.29 is 13.9 Å². The number of imidazole rings is 2. The summed E-state index contributed by atoms with van der Waals surface area (Å²) in [5, 5.41) is 9.92. The molecular weight excluding hydrogens is 396 g/mol. The van der Waals surface area contributed by atoms with E-state index in [4.69, 9.17) is 0 Å². The molecule has 0 radical (unpaired) electrons. The van der Waals surface area contributed by atoms with Crippen LogP contribution in [0.3, 0.4) is 0 Å². The third-order valence-corrected chi connectivity index (χ3v) is 4.73. The molecule has 0 saturated carbocycles. The zero-order chi connectivity index (χ0) is 20.8. The Balaban J connectivity index is 1.70. The Morgan fingerprint density at radius 2 is 1.87 bits per heavy atom. The van der Waals surface area contributed by atoms with E-state index in [1.54, 1.807) is 0 Å². The quantitative estimate of drug-likeness (QED) is 0.467. The molecule has 9 nitrogen and oxygen atoms in total. The lowest BCUT2D eigenvalue weighted by Gasteiger charge is -2.15. The Bertz CT molecular complexity index is 1440. The molecule has 11 heteroatoms. The van der Waals surface area contributed by atoms with Crippen LogP contribution >= 0.6 is 0 Å². The Labute approximate surface area is 166 Å². The van der Waals surface area contributed by atoms with Gasteiger partial charge in [0.15, 0.2) is 11.5 Å². The van der Waals surface area contributed by atoms with E-state index < -0.39 is 30.0 Å². The number of aromatic nitrogens is 7. The van der Waals surface area contributed by atoms with Crippen molar-refractivity contribution >= 4 is 16.8 Å². The van der Waals surface area contributed by atoms with Gasteiger partial charge in [0.1, 0.15) is 34.5 Å². The van der Waals surface area contributed by atoms with E-state index in [0.29, 0.717) is 22.6 Å². The molecule has 0 saturated heterocycles. The summed E-state index contributed by atoms with van der Waals surface area (Å²) in [5.74, 6) is -0.785. The number of aliphatic hydroxyl groups is 1. The number of hydrogen-bond donors (Lipinski definition) is 2. The lowest BCUT2D eigenvalue weighted by molar-refractivity contribution is 0.246. The number of hydrogen-bond acceptors (Lipinski definition) is 6. The van der Waals surface area contributed by atoms with Gasteiger partial charge in [-0.05, 0) is 24.3 Å². The Hall–Kier alpha value is -3.99. The third-order valence-electron chi connectivity index (χ3n) is 4.73. The first kappa shape index (κ1) is 18.1. The molecule has 0 aliphatic rings. The number of H-pyrrole nitrogens is 1. The number of halogens is 2. The molecule has 0 aliphatic heterocycles. The zero-order valence-corrected chi connectivity index (χ0v) is 15.2. The first-order valence-corrected chi connectivity index (χ1v) is 8.87. The monoisotopic (exact) mass is 409 g/mol. The predicted molar refractivity (Wildman–Crippen MR) is 102 cm³/mol. The number of aliphatic hydroxyl groups excluding tert-OH is 1. The molecule has 0 aliphatic carbocycles. The van der Waals surface area contributed by atoms with Crippen molar-refractivity contribution in [3.05, 3.63) is 76.9 Å². The highest BCUT2D eigenvalue weighted by atomic mass is 19.1. The number of fused-ring (bicyclic) bond motifs is 2. The van der Waals surface area contributed by atoms with E-state index in [0.717, 1.165) is 6.20 Å². The van der Waals surface area contributed by atoms with Gasteiger partial charge in [-0.1, -0.05) is 0 Å². The van der Waals surface area contributed by atoms with Crippen molar-refractivity contribution in [3.8, 4) is 11.5 Å². The molecule has 5 heterocycles. The molecular formula is C19H13F2N7O2. The van der Waals surface area contributed by atoms with Crippen LogP contribution in [0.15, 0.2) is 53.8 Å². The minimum Gasteiger partial charge on any atom is -0.394 e. The summed E-state index contributed by atoms with van der Waals surface area (Å²) < 4.78 is 29.7. The van der Waals surface area contributed by atoms with Crippen molar-refractivity contribution in [2.45, 2.75) is 6.04 Å². The number of nitrogens with one attached hydrogen (secondary N) is 1. The van der Waals surface area contributed by atoms with Crippen LogP contribution < -0.4 is 5.69 Å². The molecule has 0 aromatic carbocycles. The highest BCUT2D eigenvalue weighted by Gasteiger charge is 2.22. The van der Waals surface area contributed by atoms with Gasteiger partial charge >= 0.3 is 5.69 Å².